The van der Waals surface area contributed by atoms with E-state index in [4.69, 9.17) is 0 Å². The van der Waals surface area contributed by atoms with E-state index in [9.17, 15) is 0 Å². The molecular formula is C24H24N+. The maximum absolute atomic E-state index is 2.45. The van der Waals surface area contributed by atoms with E-state index >= 15 is 0 Å². The van der Waals surface area contributed by atoms with E-state index < -0.39 is 0 Å². The van der Waals surface area contributed by atoms with Gasteiger partial charge in [-0.15, -0.1) is 0 Å². The van der Waals surface area contributed by atoms with Gasteiger partial charge >= 0.3 is 0 Å². The summed E-state index contributed by atoms with van der Waals surface area (Å²) < 4.78 is 2.35. The molecule has 0 fully saturated rings. The molecule has 1 atom stereocenters. The van der Waals surface area contributed by atoms with Gasteiger partial charge in [0.25, 0.3) is 0 Å². The zero-order chi connectivity index (χ0) is 17.5. The van der Waals surface area contributed by atoms with Crippen molar-refractivity contribution in [3.05, 3.63) is 76.0 Å². The molecule has 0 saturated heterocycles. The molecular weight excluding hydrogens is 302 g/mol. The van der Waals surface area contributed by atoms with Crippen LogP contribution in [0.4, 0.5) is 0 Å². The Hall–Kier alpha value is -2.41. The highest BCUT2D eigenvalue weighted by Gasteiger charge is 2.47. The SMILES string of the molecule is Cc1c[n+](C)c2c(c1C)CC1(C)c3ccccc3-c3ccc(C)c-2c31. The Morgan fingerprint density at radius 2 is 1.68 bits per heavy atom. The average Bonchev–Trinajstić information content (AvgIpc) is 2.85. The number of fused-ring (bicyclic) bond motifs is 5. The second kappa shape index (κ2) is 4.60. The fraction of sp³-hybridized carbons (Fsp3) is 0.292. The Balaban J connectivity index is 1.99. The van der Waals surface area contributed by atoms with Gasteiger partial charge in [-0.25, -0.2) is 4.57 Å². The Bertz CT molecular complexity index is 1070. The fourth-order valence-electron chi connectivity index (χ4n) is 5.30. The average molecular weight is 326 g/mol. The summed E-state index contributed by atoms with van der Waals surface area (Å²) >= 11 is 0. The number of nitrogens with zero attached hydrogens (tertiary/aromatic N) is 1. The van der Waals surface area contributed by atoms with E-state index in [1.165, 1.54) is 50.2 Å². The van der Waals surface area contributed by atoms with E-state index in [2.05, 4.69) is 81.9 Å². The van der Waals surface area contributed by atoms with Crippen molar-refractivity contribution in [1.29, 1.82) is 0 Å². The van der Waals surface area contributed by atoms with Crippen LogP contribution in [-0.4, -0.2) is 0 Å². The third-order valence-electron chi connectivity index (χ3n) is 6.61. The van der Waals surface area contributed by atoms with Gasteiger partial charge in [0.05, 0.1) is 5.56 Å². The normalized spacial score (nSPS) is 19.4. The predicted octanol–water partition coefficient (Wildman–Crippen LogP) is 4.95. The second-order valence-corrected chi connectivity index (χ2v) is 8.11. The van der Waals surface area contributed by atoms with Gasteiger partial charge < -0.3 is 0 Å². The van der Waals surface area contributed by atoms with Crippen molar-refractivity contribution in [3.63, 3.8) is 0 Å². The van der Waals surface area contributed by atoms with E-state index in [0.29, 0.717) is 0 Å². The molecule has 0 saturated carbocycles. The summed E-state index contributed by atoms with van der Waals surface area (Å²) in [5.41, 5.74) is 14.6. The van der Waals surface area contributed by atoms with Crippen LogP contribution < -0.4 is 4.57 Å². The van der Waals surface area contributed by atoms with Gasteiger partial charge in [-0.2, -0.15) is 0 Å². The molecule has 1 unspecified atom stereocenters. The molecule has 0 aliphatic heterocycles. The van der Waals surface area contributed by atoms with Crippen molar-refractivity contribution in [2.45, 2.75) is 39.5 Å². The molecule has 25 heavy (non-hydrogen) atoms. The number of pyridine rings is 1. The molecule has 0 amide bonds. The molecule has 0 bridgehead atoms. The lowest BCUT2D eigenvalue weighted by molar-refractivity contribution is -0.661. The van der Waals surface area contributed by atoms with Crippen molar-refractivity contribution < 1.29 is 4.57 Å². The van der Waals surface area contributed by atoms with Crippen molar-refractivity contribution in [2.75, 3.05) is 0 Å². The molecule has 124 valence electrons. The zero-order valence-electron chi connectivity index (χ0n) is 15.7. The molecule has 2 aliphatic carbocycles. The first-order valence-corrected chi connectivity index (χ1v) is 9.16. The maximum Gasteiger partial charge on any atom is 0.216 e. The van der Waals surface area contributed by atoms with Gasteiger partial charge in [-0.05, 0) is 60.6 Å². The van der Waals surface area contributed by atoms with Gasteiger partial charge in [0.1, 0.15) is 7.05 Å². The summed E-state index contributed by atoms with van der Waals surface area (Å²) in [4.78, 5) is 0. The Kier molecular flexibility index (Phi) is 2.74. The molecule has 2 aliphatic rings. The lowest BCUT2D eigenvalue weighted by Gasteiger charge is -2.35. The largest absolute Gasteiger partial charge is 0.216 e. The van der Waals surface area contributed by atoms with Crippen molar-refractivity contribution in [1.82, 2.24) is 0 Å². The smallest absolute Gasteiger partial charge is 0.200 e. The highest BCUT2D eigenvalue weighted by Crippen LogP contribution is 2.57. The van der Waals surface area contributed by atoms with Crippen LogP contribution in [0.15, 0.2) is 42.6 Å². The third kappa shape index (κ3) is 1.66. The van der Waals surface area contributed by atoms with E-state index in [-0.39, 0.29) is 5.41 Å². The first-order chi connectivity index (χ1) is 11.9. The van der Waals surface area contributed by atoms with Crippen molar-refractivity contribution >= 4 is 0 Å². The monoisotopic (exact) mass is 326 g/mol. The van der Waals surface area contributed by atoms with E-state index in [1.54, 1.807) is 5.56 Å². The number of hydrogen-bond donors (Lipinski definition) is 0. The molecule has 2 aromatic carbocycles. The first-order valence-electron chi connectivity index (χ1n) is 9.16. The van der Waals surface area contributed by atoms with E-state index in [1.807, 2.05) is 0 Å². The van der Waals surface area contributed by atoms with Crippen LogP contribution in [0.3, 0.4) is 0 Å². The quantitative estimate of drug-likeness (QED) is 0.515. The van der Waals surface area contributed by atoms with Crippen LogP contribution >= 0.6 is 0 Å². The summed E-state index contributed by atoms with van der Waals surface area (Å²) in [6.45, 7) is 9.25. The van der Waals surface area contributed by atoms with Gasteiger partial charge in [0.15, 0.2) is 6.20 Å². The van der Waals surface area contributed by atoms with Crippen molar-refractivity contribution in [2.24, 2.45) is 7.05 Å². The van der Waals surface area contributed by atoms with Crippen LogP contribution in [0.2, 0.25) is 0 Å². The molecule has 1 heterocycles. The second-order valence-electron chi connectivity index (χ2n) is 8.11. The molecule has 5 rings (SSSR count). The number of hydrogen-bond acceptors (Lipinski definition) is 0. The third-order valence-corrected chi connectivity index (χ3v) is 6.61. The Labute approximate surface area is 150 Å². The summed E-state index contributed by atoms with van der Waals surface area (Å²) in [5, 5.41) is 0. The highest BCUT2D eigenvalue weighted by atomic mass is 14.9. The number of aryl methyl sites for hydroxylation is 3. The standard InChI is InChI=1S/C24H24N/c1-14-10-11-18-17-8-6-7-9-20(17)24(4)12-19-16(3)15(2)13-25(5)23(19)21(14)22(18)24/h6-11,13H,12H2,1-5H3/q+1. The zero-order valence-corrected chi connectivity index (χ0v) is 15.7. The minimum atomic E-state index is 0.0752. The van der Waals surface area contributed by atoms with Crippen LogP contribution in [-0.2, 0) is 18.9 Å². The number of aromatic nitrogens is 1. The van der Waals surface area contributed by atoms with Gasteiger partial charge in [-0.3, -0.25) is 0 Å². The summed E-state index contributed by atoms with van der Waals surface area (Å²) in [6, 6.07) is 13.7. The minimum Gasteiger partial charge on any atom is -0.200 e. The summed E-state index contributed by atoms with van der Waals surface area (Å²) in [5.74, 6) is 0. The topological polar surface area (TPSA) is 3.88 Å². The Morgan fingerprint density at radius 1 is 0.920 bits per heavy atom. The molecule has 0 N–H and O–H groups in total. The molecule has 1 nitrogen and oxygen atoms in total. The van der Waals surface area contributed by atoms with Crippen LogP contribution in [0.1, 0.15) is 40.3 Å². The van der Waals surface area contributed by atoms with Crippen LogP contribution in [0.5, 0.6) is 0 Å². The van der Waals surface area contributed by atoms with Crippen LogP contribution in [0.25, 0.3) is 22.4 Å². The molecule has 0 radical (unpaired) electrons. The Morgan fingerprint density at radius 3 is 2.48 bits per heavy atom. The predicted molar refractivity (Wildman–Crippen MR) is 103 cm³/mol. The molecule has 1 heteroatoms. The van der Waals surface area contributed by atoms with Gasteiger partial charge in [0.2, 0.25) is 5.69 Å². The lowest BCUT2D eigenvalue weighted by Crippen LogP contribution is -2.39. The van der Waals surface area contributed by atoms with Gasteiger partial charge in [-0.1, -0.05) is 43.3 Å². The number of rotatable bonds is 0. The highest BCUT2D eigenvalue weighted by molar-refractivity contribution is 5.91. The minimum absolute atomic E-state index is 0.0752. The summed E-state index contributed by atoms with van der Waals surface area (Å²) in [7, 11) is 2.20. The first kappa shape index (κ1) is 14.9. The maximum atomic E-state index is 2.45. The van der Waals surface area contributed by atoms with Crippen LogP contribution in [0, 0.1) is 20.8 Å². The fourth-order valence-corrected chi connectivity index (χ4v) is 5.30. The lowest BCUT2D eigenvalue weighted by atomic mass is 9.67. The molecule has 3 aromatic rings. The summed E-state index contributed by atoms with van der Waals surface area (Å²) in [6.07, 6.45) is 3.38. The number of benzene rings is 2. The molecule has 0 spiro atoms. The molecule has 1 aromatic heterocycles. The van der Waals surface area contributed by atoms with Gasteiger partial charge in [0, 0.05) is 16.5 Å². The van der Waals surface area contributed by atoms with E-state index in [0.717, 1.165) is 6.42 Å². The van der Waals surface area contributed by atoms with Crippen molar-refractivity contribution in [3.8, 4) is 22.4 Å².